The van der Waals surface area contributed by atoms with Crippen LogP contribution in [0.3, 0.4) is 0 Å². The molecule has 0 atom stereocenters. The molecule has 0 aliphatic rings. The zero-order valence-corrected chi connectivity index (χ0v) is 17.0. The first-order valence-electron chi connectivity index (χ1n) is 7.64. The molecule has 0 heterocycles. The second-order valence-corrected chi connectivity index (χ2v) is 4.69. The largest absolute Gasteiger partial charge is 0.493 e. The van der Waals surface area contributed by atoms with Gasteiger partial charge in [-0.3, -0.25) is 4.79 Å². The van der Waals surface area contributed by atoms with E-state index < -0.39 is 0 Å². The summed E-state index contributed by atoms with van der Waals surface area (Å²) in [5.74, 6) is 1.87. The number of carbonyl (C=O) groups excluding carboxylic acids is 1. The number of methoxy groups -OCH3 is 2. The number of nitrogens with zero attached hydrogens (tertiary/aromatic N) is 1. The molecule has 3 N–H and O–H groups in total. The molecule has 0 spiro atoms. The number of benzene rings is 1. The minimum atomic E-state index is -0.0655. The van der Waals surface area contributed by atoms with E-state index in [1.165, 1.54) is 0 Å². The first-order chi connectivity index (χ1) is 11.1. The fourth-order valence-electron chi connectivity index (χ4n) is 1.91. The van der Waals surface area contributed by atoms with Crippen LogP contribution in [-0.4, -0.2) is 45.7 Å². The van der Waals surface area contributed by atoms with Crippen molar-refractivity contribution >= 4 is 35.8 Å². The summed E-state index contributed by atoms with van der Waals surface area (Å²) in [5, 5.41) is 8.83. The summed E-state index contributed by atoms with van der Waals surface area (Å²) in [5.41, 5.74) is 0.984. The average Bonchev–Trinajstić information content (AvgIpc) is 2.57. The number of nitrogens with one attached hydrogen (secondary N) is 3. The van der Waals surface area contributed by atoms with Crippen LogP contribution in [0.25, 0.3) is 0 Å². The molecule has 136 valence electrons. The highest BCUT2D eigenvalue weighted by Crippen LogP contribution is 2.27. The van der Waals surface area contributed by atoms with Gasteiger partial charge in [-0.1, -0.05) is 6.07 Å². The molecule has 1 rings (SSSR count). The summed E-state index contributed by atoms with van der Waals surface area (Å²) < 4.78 is 10.5. The molecule has 24 heavy (non-hydrogen) atoms. The van der Waals surface area contributed by atoms with Crippen molar-refractivity contribution in [1.82, 2.24) is 16.0 Å². The number of aliphatic imine (C=N–C) groups is 1. The number of hydrogen-bond donors (Lipinski definition) is 3. The van der Waals surface area contributed by atoms with Gasteiger partial charge >= 0.3 is 0 Å². The first kappa shape index (κ1) is 22.3. The molecule has 0 aliphatic carbocycles. The molecule has 0 radical (unpaired) electrons. The van der Waals surface area contributed by atoms with Gasteiger partial charge in [0.05, 0.1) is 27.3 Å². The summed E-state index contributed by atoms with van der Waals surface area (Å²) in [7, 11) is 3.20. The van der Waals surface area contributed by atoms with E-state index in [-0.39, 0.29) is 36.4 Å². The van der Waals surface area contributed by atoms with Crippen molar-refractivity contribution < 1.29 is 14.3 Å². The molecule has 0 aromatic heterocycles. The minimum absolute atomic E-state index is 0. The number of halogens is 1. The monoisotopic (exact) mass is 450 g/mol. The summed E-state index contributed by atoms with van der Waals surface area (Å²) in [6.45, 7) is 5.83. The van der Waals surface area contributed by atoms with Gasteiger partial charge in [0.2, 0.25) is 5.91 Å². The SMILES string of the molecule is CCNC(=O)CNC(=NCc1ccc(OC)c(OC)c1)NCC.I. The summed E-state index contributed by atoms with van der Waals surface area (Å²) in [6, 6.07) is 5.66. The molecule has 1 aromatic carbocycles. The predicted molar refractivity (Wildman–Crippen MR) is 106 cm³/mol. The maximum atomic E-state index is 11.5. The van der Waals surface area contributed by atoms with Crippen molar-refractivity contribution in [1.29, 1.82) is 0 Å². The van der Waals surface area contributed by atoms with E-state index in [0.717, 1.165) is 5.56 Å². The third-order valence-electron chi connectivity index (χ3n) is 3.00. The van der Waals surface area contributed by atoms with Crippen molar-refractivity contribution in [3.05, 3.63) is 23.8 Å². The molecule has 0 unspecified atom stereocenters. The standard InChI is InChI=1S/C16H26N4O3.HI/c1-5-17-15(21)11-20-16(18-6-2)19-10-12-7-8-13(22-3)14(9-12)23-4;/h7-9H,5-6,10-11H2,1-4H3,(H,17,21)(H2,18,19,20);1H. The third kappa shape index (κ3) is 7.71. The maximum Gasteiger partial charge on any atom is 0.239 e. The smallest absolute Gasteiger partial charge is 0.239 e. The normalized spacial score (nSPS) is 10.4. The zero-order chi connectivity index (χ0) is 17.1. The van der Waals surface area contributed by atoms with Crippen molar-refractivity contribution in [2.45, 2.75) is 20.4 Å². The Labute approximate surface area is 160 Å². The molecule has 7 nitrogen and oxygen atoms in total. The summed E-state index contributed by atoms with van der Waals surface area (Å²) >= 11 is 0. The van der Waals surface area contributed by atoms with Crippen LogP contribution in [0, 0.1) is 0 Å². The highest BCUT2D eigenvalue weighted by Gasteiger charge is 2.05. The fraction of sp³-hybridized carbons (Fsp3) is 0.500. The van der Waals surface area contributed by atoms with Gasteiger partial charge in [0.25, 0.3) is 0 Å². The zero-order valence-electron chi connectivity index (χ0n) is 14.6. The highest BCUT2D eigenvalue weighted by atomic mass is 127. The van der Waals surface area contributed by atoms with Gasteiger partial charge in [-0.25, -0.2) is 4.99 Å². The topological polar surface area (TPSA) is 84.0 Å². The average molecular weight is 450 g/mol. The highest BCUT2D eigenvalue weighted by molar-refractivity contribution is 14.0. The van der Waals surface area contributed by atoms with Gasteiger partial charge in [-0.2, -0.15) is 0 Å². The van der Waals surface area contributed by atoms with Crippen LogP contribution in [0.2, 0.25) is 0 Å². The number of ether oxygens (including phenoxy) is 2. The van der Waals surface area contributed by atoms with Crippen LogP contribution in [0.15, 0.2) is 23.2 Å². The van der Waals surface area contributed by atoms with Crippen LogP contribution in [0.1, 0.15) is 19.4 Å². The fourth-order valence-corrected chi connectivity index (χ4v) is 1.91. The lowest BCUT2D eigenvalue weighted by Crippen LogP contribution is -2.43. The Kier molecular flexibility index (Phi) is 11.8. The van der Waals surface area contributed by atoms with Crippen LogP contribution in [0.5, 0.6) is 11.5 Å². The van der Waals surface area contributed by atoms with Crippen LogP contribution in [-0.2, 0) is 11.3 Å². The molecule has 8 heteroatoms. The molecular formula is C16H27IN4O3. The first-order valence-corrected chi connectivity index (χ1v) is 7.64. The van der Waals surface area contributed by atoms with E-state index in [9.17, 15) is 4.79 Å². The molecule has 1 aromatic rings. The Morgan fingerprint density at radius 2 is 1.71 bits per heavy atom. The van der Waals surface area contributed by atoms with E-state index >= 15 is 0 Å². The van der Waals surface area contributed by atoms with Gasteiger partial charge in [0.1, 0.15) is 0 Å². The van der Waals surface area contributed by atoms with Crippen molar-refractivity contribution in [3.63, 3.8) is 0 Å². The minimum Gasteiger partial charge on any atom is -0.493 e. The van der Waals surface area contributed by atoms with Gasteiger partial charge in [0.15, 0.2) is 17.5 Å². The molecule has 0 aliphatic heterocycles. The van der Waals surface area contributed by atoms with E-state index in [2.05, 4.69) is 20.9 Å². The number of hydrogen-bond acceptors (Lipinski definition) is 4. The van der Waals surface area contributed by atoms with Gasteiger partial charge in [-0.15, -0.1) is 24.0 Å². The Morgan fingerprint density at radius 3 is 2.29 bits per heavy atom. The van der Waals surface area contributed by atoms with Crippen LogP contribution in [0.4, 0.5) is 0 Å². The van der Waals surface area contributed by atoms with Crippen molar-refractivity contribution in [2.75, 3.05) is 33.9 Å². The van der Waals surface area contributed by atoms with Crippen LogP contribution < -0.4 is 25.4 Å². The van der Waals surface area contributed by atoms with Crippen LogP contribution >= 0.6 is 24.0 Å². The molecule has 0 saturated carbocycles. The number of amides is 1. The third-order valence-corrected chi connectivity index (χ3v) is 3.00. The number of rotatable bonds is 8. The Morgan fingerprint density at radius 1 is 1.04 bits per heavy atom. The Bertz CT molecular complexity index is 538. The quantitative estimate of drug-likeness (QED) is 0.318. The Hall–Kier alpha value is -1.71. The number of likely N-dealkylation sites (N-methyl/N-ethyl adjacent to an activating group) is 1. The lowest BCUT2D eigenvalue weighted by Gasteiger charge is -2.12. The van der Waals surface area contributed by atoms with Gasteiger partial charge in [-0.05, 0) is 31.5 Å². The second-order valence-electron chi connectivity index (χ2n) is 4.69. The molecule has 0 bridgehead atoms. The maximum absolute atomic E-state index is 11.5. The number of carbonyl (C=O) groups is 1. The van der Waals surface area contributed by atoms with E-state index in [1.807, 2.05) is 32.0 Å². The lowest BCUT2D eigenvalue weighted by atomic mass is 10.2. The predicted octanol–water partition coefficient (Wildman–Crippen LogP) is 1.51. The van der Waals surface area contributed by atoms with Gasteiger partial charge in [0, 0.05) is 13.1 Å². The molecular weight excluding hydrogens is 423 g/mol. The lowest BCUT2D eigenvalue weighted by molar-refractivity contribution is -0.119. The molecule has 0 fully saturated rings. The van der Waals surface area contributed by atoms with E-state index in [0.29, 0.717) is 37.1 Å². The molecule has 1 amide bonds. The second kappa shape index (κ2) is 12.7. The molecule has 0 saturated heterocycles. The number of guanidine groups is 1. The Balaban J connectivity index is 0.00000529. The summed E-state index contributed by atoms with van der Waals surface area (Å²) in [4.78, 5) is 16.0. The summed E-state index contributed by atoms with van der Waals surface area (Å²) in [6.07, 6.45) is 0. The van der Waals surface area contributed by atoms with Gasteiger partial charge < -0.3 is 25.4 Å². The van der Waals surface area contributed by atoms with Crippen molar-refractivity contribution in [3.8, 4) is 11.5 Å². The van der Waals surface area contributed by atoms with Crippen molar-refractivity contribution in [2.24, 2.45) is 4.99 Å². The van der Waals surface area contributed by atoms with E-state index in [1.54, 1.807) is 14.2 Å². The van der Waals surface area contributed by atoms with E-state index in [4.69, 9.17) is 9.47 Å².